The molecule has 12 nitrogen and oxygen atoms in total. The zero-order valence-electron chi connectivity index (χ0n) is 37.3. The maximum absolute atomic E-state index is 14.0. The van der Waals surface area contributed by atoms with Gasteiger partial charge in [-0.15, -0.1) is 0 Å². The highest BCUT2D eigenvalue weighted by Crippen LogP contribution is 2.40. The molecule has 65 heavy (non-hydrogen) atoms. The molecule has 4 heterocycles. The Labute approximate surface area is 377 Å². The fourth-order valence-electron chi connectivity index (χ4n) is 9.84. The number of benzene rings is 6. The Hall–Kier alpha value is -6.70. The lowest BCUT2D eigenvalue weighted by molar-refractivity contribution is 0.0585. The van der Waals surface area contributed by atoms with Gasteiger partial charge in [0.15, 0.2) is 0 Å². The molecule has 2 aromatic heterocycles. The van der Waals surface area contributed by atoms with Crippen LogP contribution in [0, 0.1) is 0 Å². The molecule has 0 bridgehead atoms. The second kappa shape index (κ2) is 17.4. The molecule has 4 amide bonds. The van der Waals surface area contributed by atoms with Gasteiger partial charge in [-0.1, -0.05) is 60.7 Å². The summed E-state index contributed by atoms with van der Waals surface area (Å²) >= 11 is 0. The van der Waals surface area contributed by atoms with Crippen molar-refractivity contribution in [1.82, 2.24) is 40.2 Å². The summed E-state index contributed by atoms with van der Waals surface area (Å²) in [6, 6.07) is 31.7. The van der Waals surface area contributed by atoms with Gasteiger partial charge < -0.3 is 20.4 Å². The zero-order valence-corrected chi connectivity index (χ0v) is 37.3. The molecule has 8 aromatic rings. The number of imide groups is 2. The number of hydrogen-bond donors (Lipinski definition) is 2. The number of fused-ring (bicyclic) bond motifs is 6. The van der Waals surface area contributed by atoms with Gasteiger partial charge in [0.05, 0.1) is 22.1 Å². The summed E-state index contributed by atoms with van der Waals surface area (Å²) in [6.45, 7) is 4.91. The van der Waals surface area contributed by atoms with Gasteiger partial charge in [-0.05, 0) is 121 Å². The van der Waals surface area contributed by atoms with Crippen molar-refractivity contribution in [3.63, 3.8) is 0 Å². The molecule has 0 saturated carbocycles. The topological polar surface area (TPSA) is 131 Å². The van der Waals surface area contributed by atoms with E-state index in [1.807, 2.05) is 123 Å². The number of rotatable bonds is 16. The van der Waals surface area contributed by atoms with Gasteiger partial charge in [0.2, 0.25) is 0 Å². The Morgan fingerprint density at radius 3 is 1.29 bits per heavy atom. The largest absolute Gasteiger partial charge is 0.316 e. The molecule has 2 N–H and O–H groups in total. The molecule has 2 aliphatic rings. The SMILES string of the molecule is CN(C)CCN1C(=O)c2cccc3c2c(cc2c(CCNCCCNCCc4c5ccccc5nc5c4cc4c6c(cccc65)C(=O)N(CCN(C)C)C4=O)c4ccccc4nc23)C1=O. The van der Waals surface area contributed by atoms with Crippen molar-refractivity contribution in [2.75, 3.05) is 80.5 Å². The van der Waals surface area contributed by atoms with E-state index in [2.05, 4.69) is 22.8 Å². The number of carbonyl (C=O) groups excluding carboxylic acids is 4. The molecular weight excluding hydrogens is 813 g/mol. The highest BCUT2D eigenvalue weighted by Gasteiger charge is 2.35. The van der Waals surface area contributed by atoms with E-state index >= 15 is 0 Å². The number of nitrogens with zero attached hydrogens (tertiary/aromatic N) is 6. The molecule has 0 radical (unpaired) electrons. The Morgan fingerprint density at radius 1 is 0.462 bits per heavy atom. The minimum atomic E-state index is -0.260. The van der Waals surface area contributed by atoms with Crippen LogP contribution < -0.4 is 10.6 Å². The minimum Gasteiger partial charge on any atom is -0.316 e. The summed E-state index contributed by atoms with van der Waals surface area (Å²) in [5.41, 5.74) is 7.84. The van der Waals surface area contributed by atoms with Crippen molar-refractivity contribution in [2.45, 2.75) is 19.3 Å². The van der Waals surface area contributed by atoms with E-state index < -0.39 is 0 Å². The number of aromatic nitrogens is 2. The van der Waals surface area contributed by atoms with Crippen molar-refractivity contribution in [3.8, 4) is 0 Å². The van der Waals surface area contributed by atoms with E-state index in [-0.39, 0.29) is 23.6 Å². The van der Waals surface area contributed by atoms with Gasteiger partial charge in [0.1, 0.15) is 0 Å². The van der Waals surface area contributed by atoms with Crippen LogP contribution in [-0.2, 0) is 12.8 Å². The molecule has 6 aromatic carbocycles. The fraction of sp³-hybridized carbons (Fsp3) is 0.283. The summed E-state index contributed by atoms with van der Waals surface area (Å²) < 4.78 is 0. The number of para-hydroxylation sites is 2. The smallest absolute Gasteiger partial charge is 0.261 e. The molecule has 0 aliphatic carbocycles. The molecule has 12 heteroatoms. The van der Waals surface area contributed by atoms with Crippen LogP contribution >= 0.6 is 0 Å². The van der Waals surface area contributed by atoms with E-state index in [4.69, 9.17) is 9.97 Å². The number of likely N-dealkylation sites (N-methyl/N-ethyl adjacent to an activating group) is 2. The lowest BCUT2D eigenvalue weighted by Crippen LogP contribution is -2.43. The molecular formula is C53H52N8O4. The van der Waals surface area contributed by atoms with Gasteiger partial charge >= 0.3 is 0 Å². The van der Waals surface area contributed by atoms with Crippen molar-refractivity contribution >= 4 is 88.8 Å². The van der Waals surface area contributed by atoms with E-state index in [0.29, 0.717) is 59.2 Å². The third-order valence-electron chi connectivity index (χ3n) is 13.1. The first kappa shape index (κ1) is 42.3. The Morgan fingerprint density at radius 2 is 0.862 bits per heavy atom. The zero-order chi connectivity index (χ0) is 44.9. The predicted molar refractivity (Wildman–Crippen MR) is 259 cm³/mol. The molecule has 2 aliphatic heterocycles. The van der Waals surface area contributed by atoms with Crippen LogP contribution in [0.3, 0.4) is 0 Å². The lowest BCUT2D eigenvalue weighted by Gasteiger charge is -2.29. The summed E-state index contributed by atoms with van der Waals surface area (Å²) in [5.74, 6) is -1.04. The fourth-order valence-corrected chi connectivity index (χ4v) is 9.84. The highest BCUT2D eigenvalue weighted by molar-refractivity contribution is 6.31. The first-order valence-electron chi connectivity index (χ1n) is 22.6. The molecule has 328 valence electrons. The highest BCUT2D eigenvalue weighted by atomic mass is 16.2. The van der Waals surface area contributed by atoms with Crippen LogP contribution in [0.4, 0.5) is 0 Å². The van der Waals surface area contributed by atoms with E-state index in [1.54, 1.807) is 0 Å². The van der Waals surface area contributed by atoms with Crippen LogP contribution in [-0.4, -0.2) is 134 Å². The standard InChI is InChI=1S/C53H52N8O4/c1-58(2)26-28-60-50(62)38-16-9-14-36-46(38)42(52(60)64)30-40-32(34-12-5-7-18-44(34)56-48(36)40)20-24-54-22-11-23-55-25-21-33-35-13-6-8-19-45(35)57-49-37-15-10-17-39-47(37)43(31-41(33)49)53(65)61(51(39)63)29-27-59(3)4/h5-10,12-19,30-31,54-55H,11,20-29H2,1-4H3. The van der Waals surface area contributed by atoms with Crippen LogP contribution in [0.2, 0.25) is 0 Å². The monoisotopic (exact) mass is 864 g/mol. The van der Waals surface area contributed by atoms with Gasteiger partial charge in [-0.25, -0.2) is 9.97 Å². The second-order valence-electron chi connectivity index (χ2n) is 17.8. The molecule has 0 saturated heterocycles. The van der Waals surface area contributed by atoms with E-state index in [9.17, 15) is 19.2 Å². The summed E-state index contributed by atoms with van der Waals surface area (Å²) in [7, 11) is 7.74. The van der Waals surface area contributed by atoms with Crippen molar-refractivity contribution in [2.24, 2.45) is 0 Å². The van der Waals surface area contributed by atoms with E-state index in [1.165, 1.54) is 9.80 Å². The van der Waals surface area contributed by atoms with Gasteiger partial charge in [-0.2, -0.15) is 0 Å². The third-order valence-corrected chi connectivity index (χ3v) is 13.1. The molecule has 0 spiro atoms. The quantitative estimate of drug-likeness (QED) is 0.0451. The van der Waals surface area contributed by atoms with Crippen molar-refractivity contribution in [1.29, 1.82) is 0 Å². The Balaban J connectivity index is 0.844. The van der Waals surface area contributed by atoms with Crippen LogP contribution in [0.5, 0.6) is 0 Å². The molecule has 0 unspecified atom stereocenters. The average molecular weight is 865 g/mol. The maximum atomic E-state index is 14.0. The van der Waals surface area contributed by atoms with Gasteiger partial charge in [0, 0.05) is 91.5 Å². The van der Waals surface area contributed by atoms with E-state index in [0.717, 1.165) is 111 Å². The number of hydrogen-bond acceptors (Lipinski definition) is 10. The molecule has 0 atom stereocenters. The average Bonchev–Trinajstić information content (AvgIpc) is 3.31. The summed E-state index contributed by atoms with van der Waals surface area (Å²) in [4.78, 5) is 72.3. The number of amides is 4. The maximum Gasteiger partial charge on any atom is 0.261 e. The number of nitrogens with one attached hydrogen (secondary N) is 2. The van der Waals surface area contributed by atoms with Crippen molar-refractivity contribution in [3.05, 3.63) is 130 Å². The number of carbonyl (C=O) groups is 4. The molecule has 10 rings (SSSR count). The second-order valence-corrected chi connectivity index (χ2v) is 17.8. The lowest BCUT2D eigenvalue weighted by atomic mass is 9.89. The first-order chi connectivity index (χ1) is 31.6. The number of pyridine rings is 2. The normalized spacial score (nSPS) is 14.1. The molecule has 0 fully saturated rings. The summed E-state index contributed by atoms with van der Waals surface area (Å²) in [5, 5.41) is 14.4. The van der Waals surface area contributed by atoms with Gasteiger partial charge in [-0.3, -0.25) is 29.0 Å². The van der Waals surface area contributed by atoms with Crippen molar-refractivity contribution < 1.29 is 19.2 Å². The van der Waals surface area contributed by atoms with Crippen LogP contribution in [0.15, 0.2) is 97.1 Å². The van der Waals surface area contributed by atoms with Crippen LogP contribution in [0.25, 0.3) is 65.2 Å². The Kier molecular flexibility index (Phi) is 11.3. The Bertz CT molecular complexity index is 3060. The van der Waals surface area contributed by atoms with Gasteiger partial charge in [0.25, 0.3) is 23.6 Å². The minimum absolute atomic E-state index is 0.259. The summed E-state index contributed by atoms with van der Waals surface area (Å²) in [6.07, 6.45) is 2.39. The third kappa shape index (κ3) is 7.46. The first-order valence-corrected chi connectivity index (χ1v) is 22.6. The predicted octanol–water partition coefficient (Wildman–Crippen LogP) is 7.07. The van der Waals surface area contributed by atoms with Crippen LogP contribution in [0.1, 0.15) is 59.0 Å².